The van der Waals surface area contributed by atoms with Gasteiger partial charge in [0.2, 0.25) is 0 Å². The first-order valence-electron chi connectivity index (χ1n) is 6.61. The number of hydrogen-bond acceptors (Lipinski definition) is 4. The zero-order chi connectivity index (χ0) is 15.2. The Balaban J connectivity index is 4.54. The highest BCUT2D eigenvalue weighted by Gasteiger charge is 2.27. The average Bonchev–Trinajstić information content (AvgIpc) is 2.20. The molecule has 0 aliphatic heterocycles. The molecule has 5 nitrogen and oxygen atoms in total. The van der Waals surface area contributed by atoms with Crippen LogP contribution in [-0.4, -0.2) is 43.3 Å². The molecule has 0 aliphatic carbocycles. The van der Waals surface area contributed by atoms with E-state index in [-0.39, 0.29) is 12.0 Å². The number of rotatable bonds is 5. The first-order valence-corrected chi connectivity index (χ1v) is 6.61. The van der Waals surface area contributed by atoms with Crippen LogP contribution in [0.15, 0.2) is 0 Å². The van der Waals surface area contributed by atoms with Crippen LogP contribution in [0.1, 0.15) is 34.6 Å². The number of ether oxygens (including phenoxy) is 1. The van der Waals surface area contributed by atoms with Gasteiger partial charge >= 0.3 is 6.09 Å². The maximum Gasteiger partial charge on any atom is 0.407 e. The second-order valence-electron chi connectivity index (χ2n) is 6.33. The smallest absolute Gasteiger partial charge is 0.407 e. The van der Waals surface area contributed by atoms with E-state index in [1.54, 1.807) is 0 Å². The van der Waals surface area contributed by atoms with Gasteiger partial charge in [-0.1, -0.05) is 13.8 Å². The number of alkyl carbamates (subject to hydrolysis) is 1. The fourth-order valence-corrected chi connectivity index (χ4v) is 1.82. The molecular weight excluding hydrogens is 242 g/mol. The van der Waals surface area contributed by atoms with Crippen LogP contribution in [0.3, 0.4) is 0 Å². The van der Waals surface area contributed by atoms with Crippen LogP contribution >= 0.6 is 0 Å². The molecule has 110 valence electrons. The third-order valence-electron chi connectivity index (χ3n) is 2.83. The van der Waals surface area contributed by atoms with Crippen LogP contribution in [0.2, 0.25) is 0 Å². The van der Waals surface area contributed by atoms with Crippen molar-refractivity contribution in [3.8, 4) is 6.07 Å². The molecule has 2 atom stereocenters. The predicted octanol–water partition coefficient (Wildman–Crippen LogP) is 2.24. The van der Waals surface area contributed by atoms with E-state index in [9.17, 15) is 10.1 Å². The Bertz CT molecular complexity index is 327. The Morgan fingerprint density at radius 1 is 1.37 bits per heavy atom. The van der Waals surface area contributed by atoms with Crippen molar-refractivity contribution in [2.75, 3.05) is 20.6 Å². The second-order valence-corrected chi connectivity index (χ2v) is 6.33. The lowest BCUT2D eigenvalue weighted by atomic mass is 9.88. The summed E-state index contributed by atoms with van der Waals surface area (Å²) in [4.78, 5) is 13.5. The molecule has 5 heteroatoms. The van der Waals surface area contributed by atoms with Crippen molar-refractivity contribution in [3.63, 3.8) is 0 Å². The SMILES string of the molecule is CC(C)C(CNC(=O)OC(C)(C)C)C(C#N)N(C)C. The summed E-state index contributed by atoms with van der Waals surface area (Å²) in [6, 6.07) is 2.06. The maximum atomic E-state index is 11.6. The molecule has 0 saturated heterocycles. The van der Waals surface area contributed by atoms with Crippen molar-refractivity contribution in [2.24, 2.45) is 11.8 Å². The van der Waals surface area contributed by atoms with E-state index in [0.29, 0.717) is 12.5 Å². The van der Waals surface area contributed by atoms with Gasteiger partial charge in [0.05, 0.1) is 6.07 Å². The third kappa shape index (κ3) is 7.02. The zero-order valence-electron chi connectivity index (χ0n) is 13.2. The minimum Gasteiger partial charge on any atom is -0.444 e. The minimum atomic E-state index is -0.506. The van der Waals surface area contributed by atoms with Gasteiger partial charge in [-0.05, 0) is 40.8 Å². The van der Waals surface area contributed by atoms with Gasteiger partial charge in [-0.25, -0.2) is 4.79 Å². The lowest BCUT2D eigenvalue weighted by Crippen LogP contribution is -2.44. The fraction of sp³-hybridized carbons (Fsp3) is 0.857. The number of hydrogen-bond donors (Lipinski definition) is 1. The molecule has 0 radical (unpaired) electrons. The van der Waals surface area contributed by atoms with Crippen molar-refractivity contribution in [2.45, 2.75) is 46.3 Å². The Hall–Kier alpha value is -1.28. The van der Waals surface area contributed by atoms with Gasteiger partial charge in [0, 0.05) is 12.5 Å². The van der Waals surface area contributed by atoms with Crippen LogP contribution in [0.5, 0.6) is 0 Å². The van der Waals surface area contributed by atoms with Crippen LogP contribution in [0, 0.1) is 23.2 Å². The van der Waals surface area contributed by atoms with E-state index in [4.69, 9.17) is 4.74 Å². The molecule has 1 amide bonds. The minimum absolute atomic E-state index is 0.0625. The molecule has 19 heavy (non-hydrogen) atoms. The normalized spacial score (nSPS) is 14.9. The van der Waals surface area contributed by atoms with Gasteiger partial charge in [-0.2, -0.15) is 5.26 Å². The highest BCUT2D eigenvalue weighted by Crippen LogP contribution is 2.18. The van der Waals surface area contributed by atoms with E-state index in [1.807, 2.05) is 39.8 Å². The number of nitrogens with one attached hydrogen (secondary N) is 1. The predicted molar refractivity (Wildman–Crippen MR) is 75.7 cm³/mol. The molecule has 0 heterocycles. The van der Waals surface area contributed by atoms with E-state index in [2.05, 4.69) is 25.2 Å². The Labute approximate surface area is 116 Å². The molecule has 0 aromatic heterocycles. The molecule has 0 spiro atoms. The fourth-order valence-electron chi connectivity index (χ4n) is 1.82. The molecule has 0 aromatic rings. The summed E-state index contributed by atoms with van der Waals surface area (Å²) in [7, 11) is 3.74. The Morgan fingerprint density at radius 2 is 1.89 bits per heavy atom. The van der Waals surface area contributed by atoms with E-state index < -0.39 is 11.7 Å². The summed E-state index contributed by atoms with van der Waals surface area (Å²) in [5.41, 5.74) is -0.506. The summed E-state index contributed by atoms with van der Waals surface area (Å²) in [5.74, 6) is 0.356. The molecule has 0 aliphatic rings. The molecule has 0 rings (SSSR count). The van der Waals surface area contributed by atoms with Gasteiger partial charge < -0.3 is 10.1 Å². The maximum absolute atomic E-state index is 11.6. The van der Waals surface area contributed by atoms with Crippen LogP contribution < -0.4 is 5.32 Å². The Kier molecular flexibility index (Phi) is 6.85. The molecule has 0 bridgehead atoms. The van der Waals surface area contributed by atoms with Crippen LogP contribution in [0.4, 0.5) is 4.79 Å². The third-order valence-corrected chi connectivity index (χ3v) is 2.83. The summed E-state index contributed by atoms with van der Waals surface area (Å²) >= 11 is 0. The second kappa shape index (κ2) is 7.34. The highest BCUT2D eigenvalue weighted by atomic mass is 16.6. The van der Waals surface area contributed by atoms with Crippen LogP contribution in [-0.2, 0) is 4.74 Å². The molecule has 0 saturated carbocycles. The van der Waals surface area contributed by atoms with Crippen molar-refractivity contribution in [1.29, 1.82) is 5.26 Å². The summed E-state index contributed by atoms with van der Waals surface area (Å²) < 4.78 is 5.20. The topological polar surface area (TPSA) is 65.4 Å². The van der Waals surface area contributed by atoms with Gasteiger partial charge in [0.15, 0.2) is 0 Å². The standard InChI is InChI=1S/C14H27N3O2/c1-10(2)11(12(8-15)17(6)7)9-16-13(18)19-14(3,4)5/h10-12H,9H2,1-7H3,(H,16,18). The summed E-state index contributed by atoms with van der Waals surface area (Å²) in [6.45, 7) is 10.0. The number of carbonyl (C=O) groups excluding carboxylic acids is 1. The van der Waals surface area contributed by atoms with Crippen molar-refractivity contribution in [3.05, 3.63) is 0 Å². The largest absolute Gasteiger partial charge is 0.444 e. The molecule has 0 aromatic carbocycles. The number of amides is 1. The van der Waals surface area contributed by atoms with E-state index in [0.717, 1.165) is 0 Å². The zero-order valence-corrected chi connectivity index (χ0v) is 13.2. The molecule has 0 fully saturated rings. The Morgan fingerprint density at radius 3 is 2.21 bits per heavy atom. The lowest BCUT2D eigenvalue weighted by Gasteiger charge is -2.30. The number of carbonyl (C=O) groups is 1. The van der Waals surface area contributed by atoms with Gasteiger partial charge in [0.25, 0.3) is 0 Å². The lowest BCUT2D eigenvalue weighted by molar-refractivity contribution is 0.0505. The number of nitrogens with zero attached hydrogens (tertiary/aromatic N) is 2. The summed E-state index contributed by atoms with van der Waals surface area (Å²) in [5, 5.41) is 12.0. The monoisotopic (exact) mass is 269 g/mol. The average molecular weight is 269 g/mol. The van der Waals surface area contributed by atoms with Crippen molar-refractivity contribution in [1.82, 2.24) is 10.2 Å². The molecule has 1 N–H and O–H groups in total. The van der Waals surface area contributed by atoms with Gasteiger partial charge in [-0.3, -0.25) is 4.90 Å². The molecular formula is C14H27N3O2. The van der Waals surface area contributed by atoms with E-state index in [1.165, 1.54) is 0 Å². The van der Waals surface area contributed by atoms with E-state index >= 15 is 0 Å². The quantitative estimate of drug-likeness (QED) is 0.831. The first kappa shape index (κ1) is 17.7. The van der Waals surface area contributed by atoms with Gasteiger partial charge in [-0.15, -0.1) is 0 Å². The van der Waals surface area contributed by atoms with Gasteiger partial charge in [0.1, 0.15) is 11.6 Å². The van der Waals surface area contributed by atoms with Crippen molar-refractivity contribution < 1.29 is 9.53 Å². The first-order chi connectivity index (χ1) is 8.58. The molecule has 2 unspecified atom stereocenters. The van der Waals surface area contributed by atoms with Crippen LogP contribution in [0.25, 0.3) is 0 Å². The highest BCUT2D eigenvalue weighted by molar-refractivity contribution is 5.67. The van der Waals surface area contributed by atoms with Crippen molar-refractivity contribution >= 4 is 6.09 Å². The number of nitriles is 1. The summed E-state index contributed by atoms with van der Waals surface area (Å²) in [6.07, 6.45) is -0.436.